The van der Waals surface area contributed by atoms with Crippen molar-refractivity contribution in [3.63, 3.8) is 0 Å². The van der Waals surface area contributed by atoms with Crippen LogP contribution in [0.25, 0.3) is 0 Å². The molecule has 0 aliphatic carbocycles. The summed E-state index contributed by atoms with van der Waals surface area (Å²) in [5.41, 5.74) is 2.74. The molecule has 0 spiro atoms. The molecule has 1 aromatic carbocycles. The first-order chi connectivity index (χ1) is 9.99. The number of carbonyl (C=O) groups is 3. The lowest BCUT2D eigenvalue weighted by Gasteiger charge is -2.18. The topological polar surface area (TPSA) is 63.7 Å². The van der Waals surface area contributed by atoms with Crippen LogP contribution in [0, 0.1) is 19.8 Å². The second-order valence-electron chi connectivity index (χ2n) is 5.72. The molecule has 1 fully saturated rings. The second kappa shape index (κ2) is 5.07. The van der Waals surface area contributed by atoms with Gasteiger partial charge in [0.05, 0.1) is 24.4 Å². The molecule has 5 nitrogen and oxygen atoms in total. The highest BCUT2D eigenvalue weighted by Gasteiger charge is 2.39. The number of ketones is 2. The van der Waals surface area contributed by atoms with E-state index >= 15 is 0 Å². The molecule has 0 bridgehead atoms. The van der Waals surface area contributed by atoms with Crippen LogP contribution in [0.2, 0.25) is 0 Å². The summed E-state index contributed by atoms with van der Waals surface area (Å²) in [6, 6.07) is 3.67. The van der Waals surface area contributed by atoms with Crippen LogP contribution < -0.4 is 4.90 Å². The molecular formula is C16H17NO4. The van der Waals surface area contributed by atoms with Gasteiger partial charge in [-0.15, -0.1) is 0 Å². The Bertz CT molecular complexity index is 644. The average Bonchev–Trinajstić information content (AvgIpc) is 3.02. The number of rotatable bonds is 3. The van der Waals surface area contributed by atoms with Crippen LogP contribution in [0.4, 0.5) is 5.69 Å². The molecule has 3 rings (SSSR count). The summed E-state index contributed by atoms with van der Waals surface area (Å²) in [5.74, 6) is -1.33. The molecule has 0 N–H and O–H groups in total. The van der Waals surface area contributed by atoms with Gasteiger partial charge in [-0.2, -0.15) is 0 Å². The van der Waals surface area contributed by atoms with Gasteiger partial charge in [0.1, 0.15) is 0 Å². The third-order valence-corrected chi connectivity index (χ3v) is 4.12. The van der Waals surface area contributed by atoms with Crippen molar-refractivity contribution in [3.05, 3.63) is 28.8 Å². The van der Waals surface area contributed by atoms with Crippen LogP contribution in [0.3, 0.4) is 0 Å². The summed E-state index contributed by atoms with van der Waals surface area (Å²) in [5, 5.41) is 0. The van der Waals surface area contributed by atoms with Crippen molar-refractivity contribution in [1.29, 1.82) is 0 Å². The number of Topliss-reactive ketones (excluding diaryl/α,β-unsaturated/α-hetero) is 2. The van der Waals surface area contributed by atoms with Crippen molar-refractivity contribution in [2.45, 2.75) is 20.3 Å². The number of carbonyl (C=O) groups excluding carboxylic acids is 3. The predicted octanol–water partition coefficient (Wildman–Crippen LogP) is 1.44. The first-order valence-corrected chi connectivity index (χ1v) is 7.07. The molecule has 0 saturated carbocycles. The molecule has 0 aromatic heterocycles. The van der Waals surface area contributed by atoms with Crippen LogP contribution in [0.1, 0.15) is 27.9 Å². The lowest BCUT2D eigenvalue weighted by Crippen LogP contribution is -2.37. The average molecular weight is 287 g/mol. The molecule has 1 amide bonds. The molecule has 1 atom stereocenters. The van der Waals surface area contributed by atoms with E-state index in [0.29, 0.717) is 30.9 Å². The highest BCUT2D eigenvalue weighted by Crippen LogP contribution is 2.33. The Morgan fingerprint density at radius 2 is 2.10 bits per heavy atom. The number of fused-ring (bicyclic) bond motifs is 1. The van der Waals surface area contributed by atoms with Gasteiger partial charge in [-0.25, -0.2) is 0 Å². The molecular weight excluding hydrogens is 270 g/mol. The maximum Gasteiger partial charge on any atom is 0.299 e. The summed E-state index contributed by atoms with van der Waals surface area (Å²) in [4.78, 5) is 37.8. The minimum Gasteiger partial charge on any atom is -0.381 e. The van der Waals surface area contributed by atoms with Gasteiger partial charge in [0, 0.05) is 12.5 Å². The molecule has 110 valence electrons. The first kappa shape index (κ1) is 13.9. The Kier molecular flexibility index (Phi) is 3.37. The monoisotopic (exact) mass is 287 g/mol. The summed E-state index contributed by atoms with van der Waals surface area (Å²) >= 11 is 0. The predicted molar refractivity (Wildman–Crippen MR) is 76.5 cm³/mol. The van der Waals surface area contributed by atoms with Gasteiger partial charge >= 0.3 is 0 Å². The van der Waals surface area contributed by atoms with E-state index in [1.165, 1.54) is 4.90 Å². The largest absolute Gasteiger partial charge is 0.381 e. The highest BCUT2D eigenvalue weighted by atomic mass is 16.5. The van der Waals surface area contributed by atoms with Gasteiger partial charge < -0.3 is 4.74 Å². The van der Waals surface area contributed by atoms with Gasteiger partial charge in [-0.3, -0.25) is 19.3 Å². The van der Waals surface area contributed by atoms with E-state index in [2.05, 4.69) is 0 Å². The third kappa shape index (κ3) is 2.27. The van der Waals surface area contributed by atoms with Crippen molar-refractivity contribution in [2.75, 3.05) is 24.7 Å². The molecule has 1 unspecified atom stereocenters. The van der Waals surface area contributed by atoms with Crippen molar-refractivity contribution in [1.82, 2.24) is 0 Å². The Morgan fingerprint density at radius 3 is 2.76 bits per heavy atom. The van der Waals surface area contributed by atoms with Crippen molar-refractivity contribution >= 4 is 23.2 Å². The molecule has 1 aromatic rings. The first-order valence-electron chi connectivity index (χ1n) is 7.07. The van der Waals surface area contributed by atoms with E-state index in [4.69, 9.17) is 4.74 Å². The summed E-state index contributed by atoms with van der Waals surface area (Å²) in [6.07, 6.45) is 0.689. The van der Waals surface area contributed by atoms with Gasteiger partial charge in [-0.05, 0) is 37.5 Å². The zero-order chi connectivity index (χ0) is 15.1. The number of ether oxygens (including phenoxy) is 1. The molecule has 2 aliphatic heterocycles. The highest BCUT2D eigenvalue weighted by molar-refractivity contribution is 6.53. The molecule has 0 radical (unpaired) electrons. The van der Waals surface area contributed by atoms with Gasteiger partial charge in [0.15, 0.2) is 5.78 Å². The van der Waals surface area contributed by atoms with Crippen LogP contribution in [0.5, 0.6) is 0 Å². The van der Waals surface area contributed by atoms with E-state index in [1.807, 2.05) is 19.9 Å². The smallest absolute Gasteiger partial charge is 0.299 e. The van der Waals surface area contributed by atoms with Crippen LogP contribution in [-0.2, 0) is 14.3 Å². The number of aryl methyl sites for hydroxylation is 2. The summed E-state index contributed by atoms with van der Waals surface area (Å²) in [6.45, 7) is 4.67. The maximum absolute atomic E-state index is 12.2. The van der Waals surface area contributed by atoms with E-state index in [-0.39, 0.29) is 18.2 Å². The van der Waals surface area contributed by atoms with Gasteiger partial charge in [-0.1, -0.05) is 6.07 Å². The zero-order valence-electron chi connectivity index (χ0n) is 12.1. The third-order valence-electron chi connectivity index (χ3n) is 4.12. The summed E-state index contributed by atoms with van der Waals surface area (Å²) < 4.78 is 5.21. The minimum atomic E-state index is -0.606. The maximum atomic E-state index is 12.2. The minimum absolute atomic E-state index is 0.0411. The Balaban J connectivity index is 1.92. The molecule has 21 heavy (non-hydrogen) atoms. The van der Waals surface area contributed by atoms with Gasteiger partial charge in [0.25, 0.3) is 11.7 Å². The number of anilines is 1. The Hall–Kier alpha value is -2.01. The number of benzene rings is 1. The molecule has 1 saturated heterocycles. The lowest BCUT2D eigenvalue weighted by atomic mass is 10.0. The lowest BCUT2D eigenvalue weighted by molar-refractivity contribution is -0.123. The fourth-order valence-electron chi connectivity index (χ4n) is 3.02. The van der Waals surface area contributed by atoms with E-state index in [1.54, 1.807) is 6.07 Å². The van der Waals surface area contributed by atoms with E-state index in [0.717, 1.165) is 11.1 Å². The van der Waals surface area contributed by atoms with Crippen molar-refractivity contribution in [3.8, 4) is 0 Å². The number of hydrogen-bond acceptors (Lipinski definition) is 4. The summed E-state index contributed by atoms with van der Waals surface area (Å²) in [7, 11) is 0. The standard InChI is InChI=1S/C16H17NO4/c1-9-5-10(2)14-12(6-9)17(16(20)15(14)19)7-13(18)11-3-4-21-8-11/h5-6,11H,3-4,7-8H2,1-2H3. The van der Waals surface area contributed by atoms with Gasteiger partial charge in [0.2, 0.25) is 0 Å². The molecule has 2 heterocycles. The molecule has 5 heteroatoms. The number of nitrogens with zero attached hydrogens (tertiary/aromatic N) is 1. The zero-order valence-corrected chi connectivity index (χ0v) is 12.1. The van der Waals surface area contributed by atoms with Crippen LogP contribution >= 0.6 is 0 Å². The fraction of sp³-hybridized carbons (Fsp3) is 0.438. The van der Waals surface area contributed by atoms with Crippen molar-refractivity contribution in [2.24, 2.45) is 5.92 Å². The van der Waals surface area contributed by atoms with Crippen LogP contribution in [-0.4, -0.2) is 37.2 Å². The SMILES string of the molecule is Cc1cc(C)c2c(c1)N(CC(=O)C1CCOC1)C(=O)C2=O. The van der Waals surface area contributed by atoms with E-state index in [9.17, 15) is 14.4 Å². The van der Waals surface area contributed by atoms with E-state index < -0.39 is 11.7 Å². The number of amides is 1. The quantitative estimate of drug-likeness (QED) is 0.789. The van der Waals surface area contributed by atoms with Crippen LogP contribution in [0.15, 0.2) is 12.1 Å². The Morgan fingerprint density at radius 1 is 1.33 bits per heavy atom. The van der Waals surface area contributed by atoms with Crippen molar-refractivity contribution < 1.29 is 19.1 Å². The number of hydrogen-bond donors (Lipinski definition) is 0. The normalized spacial score (nSPS) is 21.0. The fourth-order valence-corrected chi connectivity index (χ4v) is 3.02. The Labute approximate surface area is 122 Å². The second-order valence-corrected chi connectivity index (χ2v) is 5.72. The molecule has 2 aliphatic rings.